The van der Waals surface area contributed by atoms with E-state index >= 15 is 0 Å². The third-order valence-corrected chi connectivity index (χ3v) is 2.14. The first-order chi connectivity index (χ1) is 8.31. The lowest BCUT2D eigenvalue weighted by atomic mass is 10.4. The highest BCUT2D eigenvalue weighted by atomic mass is 16.5. The van der Waals surface area contributed by atoms with Crippen LogP contribution in [0.3, 0.4) is 0 Å². The van der Waals surface area contributed by atoms with Gasteiger partial charge in [-0.25, -0.2) is 9.97 Å². The summed E-state index contributed by atoms with van der Waals surface area (Å²) in [5.74, 6) is 0.607. The number of aliphatic hydroxyl groups excluding tert-OH is 1. The molecule has 0 aliphatic heterocycles. The second-order valence-corrected chi connectivity index (χ2v) is 3.57. The van der Waals surface area contributed by atoms with Crippen molar-refractivity contribution in [3.05, 3.63) is 30.4 Å². The Bertz CT molecular complexity index is 467. The third kappa shape index (κ3) is 3.01. The lowest BCUT2D eigenvalue weighted by Crippen LogP contribution is -1.96. The molecule has 17 heavy (non-hydrogen) atoms. The molecule has 2 heterocycles. The Kier molecular flexibility index (Phi) is 3.66. The SMILES string of the molecule is CCCn1cc(Oc2ncc(CO)cn2)cn1. The van der Waals surface area contributed by atoms with Crippen LogP contribution in [-0.2, 0) is 13.2 Å². The maximum atomic E-state index is 8.85. The van der Waals surface area contributed by atoms with Crippen LogP contribution < -0.4 is 4.74 Å². The van der Waals surface area contributed by atoms with Crippen LogP contribution in [0, 0.1) is 0 Å². The largest absolute Gasteiger partial charge is 0.421 e. The van der Waals surface area contributed by atoms with E-state index in [1.165, 1.54) is 12.4 Å². The number of rotatable bonds is 5. The predicted octanol–water partition coefficient (Wildman–Crippen LogP) is 1.37. The lowest BCUT2D eigenvalue weighted by molar-refractivity contribution is 0.280. The molecule has 0 saturated heterocycles. The Balaban J connectivity index is 2.03. The van der Waals surface area contributed by atoms with Crippen molar-refractivity contribution in [3.8, 4) is 11.8 Å². The molecule has 0 aliphatic rings. The Morgan fingerprint density at radius 1 is 1.29 bits per heavy atom. The fourth-order valence-corrected chi connectivity index (χ4v) is 1.33. The molecule has 0 fully saturated rings. The van der Waals surface area contributed by atoms with Gasteiger partial charge in [0.25, 0.3) is 0 Å². The summed E-state index contributed by atoms with van der Waals surface area (Å²) < 4.78 is 7.22. The van der Waals surface area contributed by atoms with Crippen molar-refractivity contribution in [1.29, 1.82) is 0 Å². The first-order valence-electron chi connectivity index (χ1n) is 5.44. The second kappa shape index (κ2) is 5.40. The molecular formula is C11H14N4O2. The van der Waals surface area contributed by atoms with Gasteiger partial charge in [-0.05, 0) is 6.42 Å². The molecule has 0 amide bonds. The Morgan fingerprint density at radius 2 is 2.06 bits per heavy atom. The molecule has 0 aliphatic carbocycles. The summed E-state index contributed by atoms with van der Waals surface area (Å²) in [6.45, 7) is 2.86. The Morgan fingerprint density at radius 3 is 2.71 bits per heavy atom. The van der Waals surface area contributed by atoms with Gasteiger partial charge in [0.05, 0.1) is 19.0 Å². The quantitative estimate of drug-likeness (QED) is 0.845. The highest BCUT2D eigenvalue weighted by Crippen LogP contribution is 2.16. The zero-order chi connectivity index (χ0) is 12.1. The zero-order valence-corrected chi connectivity index (χ0v) is 9.58. The molecule has 2 aromatic rings. The molecular weight excluding hydrogens is 220 g/mol. The number of nitrogens with zero attached hydrogens (tertiary/aromatic N) is 4. The number of aromatic nitrogens is 4. The minimum Gasteiger partial charge on any atom is -0.421 e. The molecule has 0 radical (unpaired) electrons. The van der Waals surface area contributed by atoms with Crippen LogP contribution in [0.25, 0.3) is 0 Å². The smallest absolute Gasteiger partial charge is 0.321 e. The van der Waals surface area contributed by atoms with Crippen LogP contribution in [0.15, 0.2) is 24.8 Å². The minimum absolute atomic E-state index is 0.0747. The van der Waals surface area contributed by atoms with Crippen LogP contribution in [0.2, 0.25) is 0 Å². The molecule has 90 valence electrons. The molecule has 6 nitrogen and oxygen atoms in total. The van der Waals surface area contributed by atoms with Gasteiger partial charge in [-0.1, -0.05) is 6.92 Å². The third-order valence-electron chi connectivity index (χ3n) is 2.14. The van der Waals surface area contributed by atoms with E-state index in [9.17, 15) is 0 Å². The summed E-state index contributed by atoms with van der Waals surface area (Å²) in [5, 5.41) is 13.0. The van der Waals surface area contributed by atoms with Crippen LogP contribution in [0.4, 0.5) is 0 Å². The van der Waals surface area contributed by atoms with Gasteiger partial charge in [0.2, 0.25) is 0 Å². The molecule has 1 N–H and O–H groups in total. The fraction of sp³-hybridized carbons (Fsp3) is 0.364. The fourth-order valence-electron chi connectivity index (χ4n) is 1.33. The summed E-state index contributed by atoms with van der Waals surface area (Å²) in [5.41, 5.74) is 0.652. The van der Waals surface area contributed by atoms with Gasteiger partial charge in [-0.3, -0.25) is 4.68 Å². The zero-order valence-electron chi connectivity index (χ0n) is 9.58. The summed E-state index contributed by atoms with van der Waals surface area (Å²) in [6.07, 6.45) is 7.49. The molecule has 2 aromatic heterocycles. The van der Waals surface area contributed by atoms with E-state index in [0.717, 1.165) is 13.0 Å². The minimum atomic E-state index is -0.0747. The van der Waals surface area contributed by atoms with Crippen LogP contribution in [-0.4, -0.2) is 24.9 Å². The van der Waals surface area contributed by atoms with Gasteiger partial charge in [0.15, 0.2) is 5.75 Å². The topological polar surface area (TPSA) is 73.1 Å². The van der Waals surface area contributed by atoms with Gasteiger partial charge < -0.3 is 9.84 Å². The Hall–Kier alpha value is -1.95. The van der Waals surface area contributed by atoms with Gasteiger partial charge in [0, 0.05) is 24.5 Å². The molecule has 0 aromatic carbocycles. The van der Waals surface area contributed by atoms with E-state index in [1.807, 2.05) is 0 Å². The maximum absolute atomic E-state index is 8.85. The summed E-state index contributed by atoms with van der Waals surface area (Å²) in [7, 11) is 0. The number of hydrogen-bond acceptors (Lipinski definition) is 5. The molecule has 0 saturated carbocycles. The molecule has 0 unspecified atom stereocenters. The van der Waals surface area contributed by atoms with Crippen LogP contribution >= 0.6 is 0 Å². The molecule has 0 spiro atoms. The molecule has 6 heteroatoms. The van der Waals surface area contributed by atoms with E-state index in [-0.39, 0.29) is 12.6 Å². The first-order valence-corrected chi connectivity index (χ1v) is 5.44. The summed E-state index contributed by atoms with van der Waals surface area (Å²) in [4.78, 5) is 7.94. The first kappa shape index (κ1) is 11.5. The number of hydrogen-bond donors (Lipinski definition) is 1. The molecule has 0 bridgehead atoms. The summed E-state index contributed by atoms with van der Waals surface area (Å²) in [6, 6.07) is 0.248. The highest BCUT2D eigenvalue weighted by Gasteiger charge is 2.03. The van der Waals surface area contributed by atoms with Gasteiger partial charge in [-0.2, -0.15) is 5.10 Å². The van der Waals surface area contributed by atoms with E-state index in [2.05, 4.69) is 22.0 Å². The van der Waals surface area contributed by atoms with E-state index in [4.69, 9.17) is 9.84 Å². The lowest BCUT2D eigenvalue weighted by Gasteiger charge is -2.00. The van der Waals surface area contributed by atoms with Crippen molar-refractivity contribution in [2.75, 3.05) is 0 Å². The van der Waals surface area contributed by atoms with Crippen molar-refractivity contribution >= 4 is 0 Å². The van der Waals surface area contributed by atoms with E-state index < -0.39 is 0 Å². The number of aliphatic hydroxyl groups is 1. The standard InChI is InChI=1S/C11H14N4O2/c1-2-3-15-7-10(6-14-15)17-11-12-4-9(8-16)5-13-11/h4-7,16H,2-3,8H2,1H3. The van der Waals surface area contributed by atoms with E-state index in [1.54, 1.807) is 17.1 Å². The highest BCUT2D eigenvalue weighted by molar-refractivity contribution is 5.17. The monoisotopic (exact) mass is 234 g/mol. The van der Waals surface area contributed by atoms with Crippen LogP contribution in [0.5, 0.6) is 11.8 Å². The average Bonchev–Trinajstić information content (AvgIpc) is 2.78. The predicted molar refractivity (Wildman–Crippen MR) is 60.5 cm³/mol. The van der Waals surface area contributed by atoms with Crippen molar-refractivity contribution in [3.63, 3.8) is 0 Å². The number of ether oxygens (including phenoxy) is 1. The average molecular weight is 234 g/mol. The number of aryl methyl sites for hydroxylation is 1. The second-order valence-electron chi connectivity index (χ2n) is 3.57. The van der Waals surface area contributed by atoms with Gasteiger partial charge in [0.1, 0.15) is 0 Å². The molecule has 0 atom stereocenters. The van der Waals surface area contributed by atoms with Crippen molar-refractivity contribution in [1.82, 2.24) is 19.7 Å². The van der Waals surface area contributed by atoms with Crippen molar-refractivity contribution in [2.45, 2.75) is 26.5 Å². The van der Waals surface area contributed by atoms with Gasteiger partial charge in [-0.15, -0.1) is 0 Å². The Labute approximate surface area is 98.9 Å². The maximum Gasteiger partial charge on any atom is 0.321 e. The van der Waals surface area contributed by atoms with Crippen LogP contribution in [0.1, 0.15) is 18.9 Å². The molecule has 2 rings (SSSR count). The normalized spacial score (nSPS) is 10.5. The summed E-state index contributed by atoms with van der Waals surface area (Å²) >= 11 is 0. The van der Waals surface area contributed by atoms with E-state index in [0.29, 0.717) is 11.3 Å². The van der Waals surface area contributed by atoms with Crippen molar-refractivity contribution in [2.24, 2.45) is 0 Å². The van der Waals surface area contributed by atoms with Crippen molar-refractivity contribution < 1.29 is 9.84 Å². The van der Waals surface area contributed by atoms with Gasteiger partial charge >= 0.3 is 6.01 Å².